The van der Waals surface area contributed by atoms with Gasteiger partial charge in [0.15, 0.2) is 0 Å². The molecule has 0 aromatic heterocycles. The molecule has 1 aliphatic carbocycles. The molecule has 0 radical (unpaired) electrons. The van der Waals surface area contributed by atoms with Gasteiger partial charge in [0.2, 0.25) is 5.91 Å². The van der Waals surface area contributed by atoms with Gasteiger partial charge < -0.3 is 20.3 Å². The maximum Gasteiger partial charge on any atom is 0.573 e. The van der Waals surface area contributed by atoms with E-state index >= 15 is 0 Å². The number of carbonyl (C=O) groups is 2. The molecule has 1 saturated heterocycles. The third-order valence-electron chi connectivity index (χ3n) is 5.69. The van der Waals surface area contributed by atoms with E-state index in [0.717, 1.165) is 17.0 Å². The van der Waals surface area contributed by atoms with E-state index in [2.05, 4.69) is 15.4 Å². The van der Waals surface area contributed by atoms with Crippen molar-refractivity contribution < 1.29 is 45.1 Å². The van der Waals surface area contributed by atoms with Gasteiger partial charge in [-0.25, -0.2) is 9.18 Å². The van der Waals surface area contributed by atoms with Gasteiger partial charge in [-0.05, 0) is 31.7 Å². The second-order valence-corrected chi connectivity index (χ2v) is 7.79. The van der Waals surface area contributed by atoms with Gasteiger partial charge in [-0.2, -0.15) is 13.2 Å². The van der Waals surface area contributed by atoms with Gasteiger partial charge in [-0.1, -0.05) is 6.07 Å². The molecule has 178 valence electrons. The zero-order valence-corrected chi connectivity index (χ0v) is 16.7. The van der Waals surface area contributed by atoms with Crippen LogP contribution in [0.2, 0.25) is 0 Å². The highest BCUT2D eigenvalue weighted by Gasteiger charge is 2.51. The summed E-state index contributed by atoms with van der Waals surface area (Å²) in [6.45, 7) is 1.75. The van der Waals surface area contributed by atoms with Crippen LogP contribution in [-0.2, 0) is 4.79 Å². The van der Waals surface area contributed by atoms with E-state index in [1.165, 1.54) is 6.92 Å². The van der Waals surface area contributed by atoms with Gasteiger partial charge in [-0.3, -0.25) is 4.79 Å². The molecule has 13 heteroatoms. The standard InChI is InChI=1S/C19H20F7N3O3/c1-9-16(30)27-4-5-29(9)17(31)28-15(10-6-11(7-10)18(21,22)23)13-3-2-12(8-14(13)20)32-19(24,25)26/h2-3,8-11,15H,4-7H2,1H3,(H,27,30)(H,28,31)/t9-,10?,11?,15-/m1/s1. The Hall–Kier alpha value is -2.73. The van der Waals surface area contributed by atoms with Crippen molar-refractivity contribution in [2.45, 2.75) is 44.4 Å². The maximum absolute atomic E-state index is 14.7. The van der Waals surface area contributed by atoms with Crippen molar-refractivity contribution in [3.63, 3.8) is 0 Å². The zero-order chi connectivity index (χ0) is 23.8. The number of urea groups is 1. The van der Waals surface area contributed by atoms with Crippen molar-refractivity contribution in [3.05, 3.63) is 29.6 Å². The predicted molar refractivity (Wildman–Crippen MR) is 95.8 cm³/mol. The van der Waals surface area contributed by atoms with Crippen LogP contribution < -0.4 is 15.4 Å². The van der Waals surface area contributed by atoms with Crippen LogP contribution in [0.1, 0.15) is 31.4 Å². The minimum atomic E-state index is -5.06. The quantitative estimate of drug-likeness (QED) is 0.655. The van der Waals surface area contributed by atoms with Gasteiger partial charge in [0.1, 0.15) is 17.6 Å². The summed E-state index contributed by atoms with van der Waals surface area (Å²) in [5.41, 5.74) is -0.271. The first-order valence-electron chi connectivity index (χ1n) is 9.73. The molecule has 3 rings (SSSR count). The molecule has 32 heavy (non-hydrogen) atoms. The molecule has 1 saturated carbocycles. The molecule has 1 aromatic rings. The Balaban J connectivity index is 1.83. The lowest BCUT2D eigenvalue weighted by Gasteiger charge is -2.43. The number of carbonyl (C=O) groups excluding carboxylic acids is 2. The van der Waals surface area contributed by atoms with Crippen LogP contribution in [0.25, 0.3) is 0 Å². The number of amides is 3. The van der Waals surface area contributed by atoms with Crippen molar-refractivity contribution in [1.82, 2.24) is 15.5 Å². The minimum absolute atomic E-state index is 0.127. The maximum atomic E-state index is 14.7. The number of halogens is 7. The molecule has 0 spiro atoms. The van der Waals surface area contributed by atoms with Crippen LogP contribution in [-0.4, -0.2) is 48.5 Å². The lowest BCUT2D eigenvalue weighted by Crippen LogP contribution is -2.59. The molecule has 2 N–H and O–H groups in total. The summed E-state index contributed by atoms with van der Waals surface area (Å²) in [6.07, 6.45) is -10.3. The van der Waals surface area contributed by atoms with Gasteiger partial charge in [0.25, 0.3) is 0 Å². The summed E-state index contributed by atoms with van der Waals surface area (Å²) in [6, 6.07) is -0.669. The number of nitrogens with zero attached hydrogens (tertiary/aromatic N) is 1. The SMILES string of the molecule is C[C@@H]1C(=O)NCCN1C(=O)N[C@@H](c1ccc(OC(F)(F)F)cc1F)C1CC(C(F)(F)F)C1. The molecular weight excluding hydrogens is 451 g/mol. The second-order valence-electron chi connectivity index (χ2n) is 7.79. The van der Waals surface area contributed by atoms with Gasteiger partial charge >= 0.3 is 18.6 Å². The van der Waals surface area contributed by atoms with Crippen LogP contribution in [0.4, 0.5) is 35.5 Å². The van der Waals surface area contributed by atoms with Gasteiger partial charge in [0, 0.05) is 24.7 Å². The Kier molecular flexibility index (Phi) is 6.47. The van der Waals surface area contributed by atoms with E-state index in [1.807, 2.05) is 0 Å². The summed E-state index contributed by atoms with van der Waals surface area (Å²) in [4.78, 5) is 25.7. The molecular formula is C19H20F7N3O3. The smallest absolute Gasteiger partial charge is 0.406 e. The lowest BCUT2D eigenvalue weighted by molar-refractivity contribution is -0.274. The summed E-state index contributed by atoms with van der Waals surface area (Å²) >= 11 is 0. The summed E-state index contributed by atoms with van der Waals surface area (Å²) in [7, 11) is 0. The van der Waals surface area contributed by atoms with Gasteiger partial charge in [-0.15, -0.1) is 13.2 Å². The summed E-state index contributed by atoms with van der Waals surface area (Å²) in [5, 5.41) is 5.02. The van der Waals surface area contributed by atoms with E-state index in [0.29, 0.717) is 6.07 Å². The van der Waals surface area contributed by atoms with Crippen molar-refractivity contribution in [3.8, 4) is 5.75 Å². The largest absolute Gasteiger partial charge is 0.573 e. The topological polar surface area (TPSA) is 70.7 Å². The Bertz CT molecular complexity index is 869. The number of hydrogen-bond acceptors (Lipinski definition) is 3. The van der Waals surface area contributed by atoms with Crippen molar-refractivity contribution in [2.75, 3.05) is 13.1 Å². The van der Waals surface area contributed by atoms with Crippen molar-refractivity contribution in [2.24, 2.45) is 11.8 Å². The molecule has 1 aliphatic heterocycles. The van der Waals surface area contributed by atoms with Crippen LogP contribution in [0.5, 0.6) is 5.75 Å². The summed E-state index contributed by atoms with van der Waals surface area (Å²) in [5.74, 6) is -4.86. The minimum Gasteiger partial charge on any atom is -0.406 e. The molecule has 2 atom stereocenters. The number of ether oxygens (including phenoxy) is 1. The fourth-order valence-corrected chi connectivity index (χ4v) is 3.88. The number of rotatable bonds is 4. The third-order valence-corrected chi connectivity index (χ3v) is 5.69. The molecule has 0 unspecified atom stereocenters. The van der Waals surface area contributed by atoms with Crippen LogP contribution >= 0.6 is 0 Å². The highest BCUT2D eigenvalue weighted by atomic mass is 19.4. The number of benzene rings is 1. The molecule has 2 aliphatic rings. The normalized spacial score (nSPS) is 24.9. The lowest BCUT2D eigenvalue weighted by atomic mass is 9.69. The van der Waals surface area contributed by atoms with Gasteiger partial charge in [0.05, 0.1) is 12.0 Å². The average Bonchev–Trinajstić information content (AvgIpc) is 2.59. The third kappa shape index (κ3) is 5.36. The molecule has 1 heterocycles. The number of piperazine rings is 1. The van der Waals surface area contributed by atoms with E-state index in [4.69, 9.17) is 0 Å². The number of alkyl halides is 6. The number of hydrogen-bond donors (Lipinski definition) is 2. The van der Waals surface area contributed by atoms with E-state index in [-0.39, 0.29) is 31.5 Å². The van der Waals surface area contributed by atoms with E-state index in [9.17, 15) is 40.3 Å². The van der Waals surface area contributed by atoms with E-state index < -0.39 is 60.0 Å². The Morgan fingerprint density at radius 2 is 1.88 bits per heavy atom. The second kappa shape index (κ2) is 8.66. The Labute approximate surface area is 178 Å². The fraction of sp³-hybridized carbons (Fsp3) is 0.579. The first kappa shape index (κ1) is 23.9. The van der Waals surface area contributed by atoms with Crippen LogP contribution in [0, 0.1) is 17.7 Å². The zero-order valence-electron chi connectivity index (χ0n) is 16.7. The molecule has 2 fully saturated rings. The van der Waals surface area contributed by atoms with Crippen molar-refractivity contribution >= 4 is 11.9 Å². The predicted octanol–water partition coefficient (Wildman–Crippen LogP) is 3.88. The Morgan fingerprint density at radius 3 is 2.44 bits per heavy atom. The van der Waals surface area contributed by atoms with Crippen LogP contribution in [0.15, 0.2) is 18.2 Å². The Morgan fingerprint density at radius 1 is 1.22 bits per heavy atom. The molecule has 0 bridgehead atoms. The first-order valence-corrected chi connectivity index (χ1v) is 9.73. The molecule has 6 nitrogen and oxygen atoms in total. The first-order chi connectivity index (χ1) is 14.8. The molecule has 1 aromatic carbocycles. The highest BCUT2D eigenvalue weighted by molar-refractivity contribution is 5.88. The molecule has 3 amide bonds. The number of nitrogens with one attached hydrogen (secondary N) is 2. The monoisotopic (exact) mass is 471 g/mol. The van der Waals surface area contributed by atoms with Crippen molar-refractivity contribution in [1.29, 1.82) is 0 Å². The average molecular weight is 471 g/mol. The van der Waals surface area contributed by atoms with E-state index in [1.54, 1.807) is 0 Å². The van der Waals surface area contributed by atoms with Crippen LogP contribution in [0.3, 0.4) is 0 Å². The summed E-state index contributed by atoms with van der Waals surface area (Å²) < 4.78 is 94.3. The fourth-order valence-electron chi connectivity index (χ4n) is 3.88. The highest BCUT2D eigenvalue weighted by Crippen LogP contribution is 2.50.